The van der Waals surface area contributed by atoms with Crippen molar-refractivity contribution in [1.82, 2.24) is 4.90 Å². The minimum atomic E-state index is -0.377. The normalized spacial score (nSPS) is 28.0. The van der Waals surface area contributed by atoms with Crippen molar-refractivity contribution in [2.45, 2.75) is 11.5 Å². The van der Waals surface area contributed by atoms with E-state index in [1.54, 1.807) is 0 Å². The lowest BCUT2D eigenvalue weighted by Gasteiger charge is -2.30. The number of fused-ring (bicyclic) bond motifs is 5. The third-order valence-electron chi connectivity index (χ3n) is 4.55. The lowest BCUT2D eigenvalue weighted by Crippen LogP contribution is -2.43. The second-order valence-electron chi connectivity index (χ2n) is 5.93. The van der Waals surface area contributed by atoms with Crippen LogP contribution >= 0.6 is 0 Å². The number of ether oxygens (including phenoxy) is 1. The summed E-state index contributed by atoms with van der Waals surface area (Å²) in [6.07, 6.45) is 0. The summed E-state index contributed by atoms with van der Waals surface area (Å²) in [7, 11) is 2.13. The highest BCUT2D eigenvalue weighted by Crippen LogP contribution is 2.50. The Kier molecular flexibility index (Phi) is 2.43. The molecule has 1 unspecified atom stereocenters. The second-order valence-corrected chi connectivity index (χ2v) is 5.93. The third kappa shape index (κ3) is 1.54. The Hall–Kier alpha value is -1.84. The Labute approximate surface area is 119 Å². The summed E-state index contributed by atoms with van der Waals surface area (Å²) >= 11 is 0. The predicted octanol–water partition coefficient (Wildman–Crippen LogP) is 2.68. The van der Waals surface area contributed by atoms with Gasteiger partial charge in [0.15, 0.2) is 0 Å². The highest BCUT2D eigenvalue weighted by Gasteiger charge is 2.48. The van der Waals surface area contributed by atoms with E-state index in [1.807, 2.05) is 30.3 Å². The van der Waals surface area contributed by atoms with Crippen LogP contribution in [0.25, 0.3) is 0 Å². The highest BCUT2D eigenvalue weighted by atomic mass is 16.5. The topological polar surface area (TPSA) is 38.5 Å². The fourth-order valence-corrected chi connectivity index (χ4v) is 3.66. The molecule has 4 rings (SSSR count). The molecule has 102 valence electrons. The van der Waals surface area contributed by atoms with E-state index >= 15 is 0 Å². The van der Waals surface area contributed by atoms with Crippen LogP contribution in [0.4, 0.5) is 0 Å². The first kappa shape index (κ1) is 11.9. The van der Waals surface area contributed by atoms with Crippen LogP contribution in [-0.2, 0) is 5.54 Å². The van der Waals surface area contributed by atoms with Crippen LogP contribution in [0.2, 0.25) is 0 Å². The molecule has 20 heavy (non-hydrogen) atoms. The van der Waals surface area contributed by atoms with Gasteiger partial charge in [-0.1, -0.05) is 36.4 Å². The summed E-state index contributed by atoms with van der Waals surface area (Å²) in [6.45, 7) is 1.82. The fourth-order valence-electron chi connectivity index (χ4n) is 3.66. The van der Waals surface area contributed by atoms with E-state index in [1.165, 1.54) is 5.56 Å². The number of nitrogens with two attached hydrogens (primary N) is 1. The van der Waals surface area contributed by atoms with Crippen molar-refractivity contribution in [3.8, 4) is 11.5 Å². The molecular weight excluding hydrogens is 248 g/mol. The number of likely N-dealkylation sites (tertiary alicyclic amines) is 1. The van der Waals surface area contributed by atoms with Crippen molar-refractivity contribution in [2.75, 3.05) is 20.1 Å². The van der Waals surface area contributed by atoms with Gasteiger partial charge in [-0.15, -0.1) is 0 Å². The third-order valence-corrected chi connectivity index (χ3v) is 4.55. The summed E-state index contributed by atoms with van der Waals surface area (Å²) in [5.41, 5.74) is 8.82. The van der Waals surface area contributed by atoms with Crippen molar-refractivity contribution < 1.29 is 4.74 Å². The van der Waals surface area contributed by atoms with Crippen LogP contribution < -0.4 is 10.5 Å². The molecule has 1 saturated heterocycles. The molecule has 2 N–H and O–H groups in total. The maximum atomic E-state index is 6.86. The highest BCUT2D eigenvalue weighted by molar-refractivity contribution is 5.52. The number of hydrogen-bond acceptors (Lipinski definition) is 3. The monoisotopic (exact) mass is 266 g/mol. The number of hydrogen-bond donors (Lipinski definition) is 1. The van der Waals surface area contributed by atoms with Crippen LogP contribution in [0, 0.1) is 0 Å². The number of nitrogens with zero attached hydrogens (tertiary/aromatic N) is 1. The van der Waals surface area contributed by atoms with Gasteiger partial charge in [-0.25, -0.2) is 0 Å². The van der Waals surface area contributed by atoms with Gasteiger partial charge in [0.1, 0.15) is 11.5 Å². The number of rotatable bonds is 0. The molecule has 0 bridgehead atoms. The van der Waals surface area contributed by atoms with Crippen molar-refractivity contribution in [3.63, 3.8) is 0 Å². The zero-order chi connectivity index (χ0) is 13.7. The first-order valence-electron chi connectivity index (χ1n) is 7.02. The Bertz CT molecular complexity index is 670. The van der Waals surface area contributed by atoms with Crippen molar-refractivity contribution in [1.29, 1.82) is 0 Å². The first-order chi connectivity index (χ1) is 9.68. The van der Waals surface area contributed by atoms with Crippen molar-refractivity contribution in [2.24, 2.45) is 5.73 Å². The molecule has 0 radical (unpaired) electrons. The van der Waals surface area contributed by atoms with E-state index in [4.69, 9.17) is 10.5 Å². The molecule has 0 aromatic heterocycles. The molecule has 3 heteroatoms. The van der Waals surface area contributed by atoms with E-state index in [-0.39, 0.29) is 11.5 Å². The molecule has 1 fully saturated rings. The summed E-state index contributed by atoms with van der Waals surface area (Å²) in [4.78, 5) is 2.31. The molecule has 2 atom stereocenters. The van der Waals surface area contributed by atoms with Crippen LogP contribution in [0.3, 0.4) is 0 Å². The molecule has 0 aliphatic carbocycles. The minimum Gasteiger partial charge on any atom is -0.457 e. The van der Waals surface area contributed by atoms with Crippen LogP contribution in [-0.4, -0.2) is 25.0 Å². The average molecular weight is 266 g/mol. The zero-order valence-electron chi connectivity index (χ0n) is 11.5. The SMILES string of the molecule is CN1C[C@H]2c3ccccc3Oc3ccccc3C2(N)C1. The van der Waals surface area contributed by atoms with Gasteiger partial charge >= 0.3 is 0 Å². The smallest absolute Gasteiger partial charge is 0.132 e. The van der Waals surface area contributed by atoms with Crippen LogP contribution in [0.5, 0.6) is 11.5 Å². The van der Waals surface area contributed by atoms with Gasteiger partial charge in [0.05, 0.1) is 5.54 Å². The van der Waals surface area contributed by atoms with E-state index < -0.39 is 0 Å². The molecule has 3 nitrogen and oxygen atoms in total. The number of para-hydroxylation sites is 2. The average Bonchev–Trinajstić information content (AvgIpc) is 2.71. The molecule has 2 aromatic carbocycles. The van der Waals surface area contributed by atoms with Gasteiger partial charge in [-0.2, -0.15) is 0 Å². The van der Waals surface area contributed by atoms with Gasteiger partial charge in [0, 0.05) is 30.1 Å². The second kappa shape index (κ2) is 4.08. The molecule has 0 spiro atoms. The number of likely N-dealkylation sites (N-methyl/N-ethyl adjacent to an activating group) is 1. The number of benzene rings is 2. The van der Waals surface area contributed by atoms with Crippen molar-refractivity contribution in [3.05, 3.63) is 59.7 Å². The maximum absolute atomic E-state index is 6.86. The summed E-state index contributed by atoms with van der Waals surface area (Å²) in [5, 5.41) is 0. The summed E-state index contributed by atoms with van der Waals surface area (Å²) in [5.74, 6) is 2.10. The molecule has 2 aliphatic rings. The lowest BCUT2D eigenvalue weighted by atomic mass is 9.78. The lowest BCUT2D eigenvalue weighted by molar-refractivity contribution is 0.366. The Morgan fingerprint density at radius 3 is 2.65 bits per heavy atom. The van der Waals surface area contributed by atoms with Gasteiger partial charge in [0.2, 0.25) is 0 Å². The largest absolute Gasteiger partial charge is 0.457 e. The molecule has 2 heterocycles. The van der Waals surface area contributed by atoms with Gasteiger partial charge in [-0.05, 0) is 19.2 Å². The molecule has 0 saturated carbocycles. The van der Waals surface area contributed by atoms with Crippen LogP contribution in [0.15, 0.2) is 48.5 Å². The van der Waals surface area contributed by atoms with E-state index in [0.29, 0.717) is 0 Å². The standard InChI is InChI=1S/C17H18N2O/c1-19-10-14-12-6-2-4-8-15(12)20-16-9-5-3-7-13(16)17(14,18)11-19/h2-9,14H,10-11,18H2,1H3/t14-,17?/m0/s1. The molecule has 0 amide bonds. The Morgan fingerprint density at radius 1 is 1.10 bits per heavy atom. The minimum absolute atomic E-state index is 0.271. The van der Waals surface area contributed by atoms with Crippen LogP contribution in [0.1, 0.15) is 17.0 Å². The van der Waals surface area contributed by atoms with Crippen molar-refractivity contribution >= 4 is 0 Å². The predicted molar refractivity (Wildman–Crippen MR) is 79.1 cm³/mol. The summed E-state index contributed by atoms with van der Waals surface area (Å²) in [6, 6.07) is 16.4. The van der Waals surface area contributed by atoms with E-state index in [2.05, 4.69) is 30.1 Å². The van der Waals surface area contributed by atoms with Gasteiger partial charge in [-0.3, -0.25) is 0 Å². The summed E-state index contributed by atoms with van der Waals surface area (Å²) < 4.78 is 6.14. The molecule has 2 aromatic rings. The molecule has 2 aliphatic heterocycles. The van der Waals surface area contributed by atoms with E-state index in [9.17, 15) is 0 Å². The van der Waals surface area contributed by atoms with E-state index in [0.717, 1.165) is 30.2 Å². The van der Waals surface area contributed by atoms with Gasteiger partial charge < -0.3 is 15.4 Å². The van der Waals surface area contributed by atoms with Gasteiger partial charge in [0.25, 0.3) is 0 Å². The maximum Gasteiger partial charge on any atom is 0.132 e. The first-order valence-corrected chi connectivity index (χ1v) is 7.02. The fraction of sp³-hybridized carbons (Fsp3) is 0.294. The Balaban J connectivity index is 2.00. The zero-order valence-corrected chi connectivity index (χ0v) is 11.5. The quantitative estimate of drug-likeness (QED) is 0.796. The molecular formula is C17H18N2O. The Morgan fingerprint density at radius 2 is 1.80 bits per heavy atom.